The van der Waals surface area contributed by atoms with Crippen LogP contribution in [-0.4, -0.2) is 41.6 Å². The molecule has 0 radical (unpaired) electrons. The van der Waals surface area contributed by atoms with E-state index in [0.29, 0.717) is 46.1 Å². The largest absolute Gasteiger partial charge is 0.494 e. The van der Waals surface area contributed by atoms with Crippen molar-refractivity contribution in [2.75, 3.05) is 20.8 Å². The second kappa shape index (κ2) is 8.71. The highest BCUT2D eigenvalue weighted by molar-refractivity contribution is 7.20. The second-order valence-corrected chi connectivity index (χ2v) is 7.51. The van der Waals surface area contributed by atoms with Crippen LogP contribution in [0.1, 0.15) is 33.5 Å². The van der Waals surface area contributed by atoms with Gasteiger partial charge >= 0.3 is 5.97 Å². The molecule has 7 nitrogen and oxygen atoms in total. The molecule has 0 unspecified atom stereocenters. The number of esters is 1. The lowest BCUT2D eigenvalue weighted by Crippen LogP contribution is -2.25. The molecule has 0 aliphatic rings. The molecule has 0 saturated heterocycles. The molecule has 0 amide bonds. The Balaban J connectivity index is 1.86. The number of hydrogen-bond donors (Lipinski definition) is 1. The van der Waals surface area contributed by atoms with Crippen LogP contribution in [0.4, 0.5) is 4.39 Å². The quantitative estimate of drug-likeness (QED) is 0.592. The zero-order chi connectivity index (χ0) is 21.1. The van der Waals surface area contributed by atoms with Gasteiger partial charge in [0.05, 0.1) is 26.2 Å². The lowest BCUT2D eigenvalue weighted by molar-refractivity contribution is 0.0605. The van der Waals surface area contributed by atoms with Crippen molar-refractivity contribution in [3.05, 3.63) is 56.2 Å². The number of rotatable bonds is 7. The molecule has 3 aromatic rings. The molecule has 29 heavy (non-hydrogen) atoms. The van der Waals surface area contributed by atoms with Gasteiger partial charge in [-0.2, -0.15) is 0 Å². The number of H-pyrrole nitrogens is 1. The molecule has 0 saturated carbocycles. The Kier molecular flexibility index (Phi) is 6.29. The summed E-state index contributed by atoms with van der Waals surface area (Å²) in [4.78, 5) is 34.7. The van der Waals surface area contributed by atoms with E-state index in [-0.39, 0.29) is 11.3 Å². The third-order valence-electron chi connectivity index (χ3n) is 4.66. The van der Waals surface area contributed by atoms with Crippen LogP contribution in [-0.2, 0) is 17.8 Å². The Morgan fingerprint density at radius 2 is 2.07 bits per heavy atom. The van der Waals surface area contributed by atoms with Crippen molar-refractivity contribution in [2.24, 2.45) is 0 Å². The van der Waals surface area contributed by atoms with E-state index in [1.165, 1.54) is 20.3 Å². The van der Waals surface area contributed by atoms with E-state index in [2.05, 4.69) is 9.97 Å². The minimum absolute atomic E-state index is 0.197. The monoisotopic (exact) mass is 419 g/mol. The number of carbonyl (C=O) groups excluding carboxylic acids is 1. The van der Waals surface area contributed by atoms with Crippen LogP contribution in [0.15, 0.2) is 23.0 Å². The van der Waals surface area contributed by atoms with Gasteiger partial charge in [-0.3, -0.25) is 9.69 Å². The van der Waals surface area contributed by atoms with Gasteiger partial charge in [0.1, 0.15) is 15.5 Å². The molecule has 1 aromatic carbocycles. The molecular formula is C20H22FN3O4S. The van der Waals surface area contributed by atoms with Crippen LogP contribution in [0.2, 0.25) is 0 Å². The lowest BCUT2D eigenvalue weighted by Gasteiger charge is -2.20. The van der Waals surface area contributed by atoms with Crippen LogP contribution in [0, 0.1) is 12.7 Å². The van der Waals surface area contributed by atoms with Gasteiger partial charge in [-0.05, 0) is 36.7 Å². The number of fused-ring (bicyclic) bond motifs is 1. The number of halogens is 1. The average molecular weight is 419 g/mol. The number of methoxy groups -OCH3 is 2. The first kappa shape index (κ1) is 20.9. The summed E-state index contributed by atoms with van der Waals surface area (Å²) in [6.07, 6.45) is 0. The highest BCUT2D eigenvalue weighted by Gasteiger charge is 2.20. The molecular weight excluding hydrogens is 397 g/mol. The number of aromatic nitrogens is 2. The topological polar surface area (TPSA) is 84.5 Å². The van der Waals surface area contributed by atoms with Crippen LogP contribution < -0.4 is 10.3 Å². The highest BCUT2D eigenvalue weighted by Crippen LogP contribution is 2.27. The molecule has 154 valence electrons. The van der Waals surface area contributed by atoms with Crippen molar-refractivity contribution < 1.29 is 18.7 Å². The highest BCUT2D eigenvalue weighted by atomic mass is 32.1. The minimum atomic E-state index is -0.483. The number of carbonyl (C=O) groups is 1. The molecule has 2 aromatic heterocycles. The first-order valence-corrected chi connectivity index (χ1v) is 9.84. The number of nitrogens with one attached hydrogen (secondary N) is 1. The summed E-state index contributed by atoms with van der Waals surface area (Å²) in [7, 11) is 2.73. The van der Waals surface area contributed by atoms with E-state index in [9.17, 15) is 14.0 Å². The van der Waals surface area contributed by atoms with Gasteiger partial charge in [0.15, 0.2) is 11.6 Å². The van der Waals surface area contributed by atoms with Gasteiger partial charge in [0, 0.05) is 6.54 Å². The average Bonchev–Trinajstić information content (AvgIpc) is 3.03. The fourth-order valence-electron chi connectivity index (χ4n) is 3.11. The van der Waals surface area contributed by atoms with Crippen LogP contribution >= 0.6 is 11.3 Å². The predicted octanol–water partition coefficient (Wildman–Crippen LogP) is 3.25. The van der Waals surface area contributed by atoms with E-state index in [1.54, 1.807) is 19.1 Å². The molecule has 9 heteroatoms. The first-order valence-electron chi connectivity index (χ1n) is 9.03. The van der Waals surface area contributed by atoms with Crippen molar-refractivity contribution in [1.29, 1.82) is 0 Å². The number of nitrogens with zero attached hydrogens (tertiary/aromatic N) is 2. The zero-order valence-electron chi connectivity index (χ0n) is 16.7. The Labute approximate surface area is 171 Å². The number of thiophene rings is 1. The third kappa shape index (κ3) is 4.30. The Morgan fingerprint density at radius 1 is 1.31 bits per heavy atom. The molecule has 2 heterocycles. The Hall–Kier alpha value is -2.78. The number of ether oxygens (including phenoxy) is 2. The molecule has 0 bridgehead atoms. The summed E-state index contributed by atoms with van der Waals surface area (Å²) in [6.45, 7) is 5.21. The number of benzene rings is 1. The van der Waals surface area contributed by atoms with E-state index in [4.69, 9.17) is 9.47 Å². The summed E-state index contributed by atoms with van der Waals surface area (Å²) in [5.74, 6) is -0.222. The lowest BCUT2D eigenvalue weighted by atomic mass is 10.2. The summed E-state index contributed by atoms with van der Waals surface area (Å²) in [6, 6.07) is 4.83. The number of aryl methyl sites for hydroxylation is 1. The molecule has 0 atom stereocenters. The molecule has 0 fully saturated rings. The molecule has 1 N–H and O–H groups in total. The van der Waals surface area contributed by atoms with Gasteiger partial charge in [0.25, 0.3) is 5.56 Å². The van der Waals surface area contributed by atoms with E-state index >= 15 is 0 Å². The number of hydrogen-bond acceptors (Lipinski definition) is 7. The molecule has 0 aliphatic carbocycles. The molecule has 3 rings (SSSR count). The maximum absolute atomic E-state index is 14.0. The van der Waals surface area contributed by atoms with Crippen molar-refractivity contribution in [1.82, 2.24) is 14.9 Å². The van der Waals surface area contributed by atoms with E-state index in [0.717, 1.165) is 16.9 Å². The van der Waals surface area contributed by atoms with Gasteiger partial charge in [-0.15, -0.1) is 11.3 Å². The first-order chi connectivity index (χ1) is 13.9. The fraction of sp³-hybridized carbons (Fsp3) is 0.350. The smallest absolute Gasteiger partial charge is 0.348 e. The summed E-state index contributed by atoms with van der Waals surface area (Å²) >= 11 is 1.14. The molecule has 0 aliphatic heterocycles. The van der Waals surface area contributed by atoms with E-state index < -0.39 is 11.8 Å². The van der Waals surface area contributed by atoms with Crippen molar-refractivity contribution in [2.45, 2.75) is 26.9 Å². The van der Waals surface area contributed by atoms with Gasteiger partial charge in [0.2, 0.25) is 0 Å². The molecule has 0 spiro atoms. The van der Waals surface area contributed by atoms with Gasteiger partial charge < -0.3 is 14.5 Å². The Bertz CT molecular complexity index is 1110. The van der Waals surface area contributed by atoms with Crippen LogP contribution in [0.5, 0.6) is 5.75 Å². The van der Waals surface area contributed by atoms with Crippen LogP contribution in [0.25, 0.3) is 10.2 Å². The zero-order valence-corrected chi connectivity index (χ0v) is 17.5. The van der Waals surface area contributed by atoms with Gasteiger partial charge in [-0.1, -0.05) is 13.0 Å². The van der Waals surface area contributed by atoms with E-state index in [1.807, 2.05) is 11.8 Å². The normalized spacial score (nSPS) is 11.2. The van der Waals surface area contributed by atoms with Crippen molar-refractivity contribution in [3.8, 4) is 5.75 Å². The predicted molar refractivity (Wildman–Crippen MR) is 109 cm³/mol. The van der Waals surface area contributed by atoms with Crippen LogP contribution in [0.3, 0.4) is 0 Å². The SMILES string of the molecule is CCN(Cc1ccc(OC)c(F)c1)Cc1nc2sc(C(=O)OC)c(C)c2c(=O)[nH]1. The Morgan fingerprint density at radius 3 is 2.69 bits per heavy atom. The summed E-state index contributed by atoms with van der Waals surface area (Å²) in [5, 5.41) is 0.402. The number of aromatic amines is 1. The van der Waals surface area contributed by atoms with Crippen molar-refractivity contribution >= 4 is 27.5 Å². The van der Waals surface area contributed by atoms with Crippen molar-refractivity contribution in [3.63, 3.8) is 0 Å². The fourth-order valence-corrected chi connectivity index (χ4v) is 4.23. The second-order valence-electron chi connectivity index (χ2n) is 6.51. The minimum Gasteiger partial charge on any atom is -0.494 e. The van der Waals surface area contributed by atoms with Gasteiger partial charge in [-0.25, -0.2) is 14.2 Å². The third-order valence-corrected chi connectivity index (χ3v) is 5.83. The maximum Gasteiger partial charge on any atom is 0.348 e. The summed E-state index contributed by atoms with van der Waals surface area (Å²) < 4.78 is 23.7. The summed E-state index contributed by atoms with van der Waals surface area (Å²) in [5.41, 5.74) is 1.06. The maximum atomic E-state index is 14.0. The standard InChI is InChI=1S/C20H22FN3O4S/c1-5-24(9-12-6-7-14(27-3)13(21)8-12)10-15-22-18(25)16-11(2)17(20(26)28-4)29-19(16)23-15/h6-8H,5,9-10H2,1-4H3,(H,22,23,25).